The Bertz CT molecular complexity index is 692. The zero-order valence-corrected chi connectivity index (χ0v) is 13.5. The molecule has 0 spiro atoms. The van der Waals surface area contributed by atoms with Gasteiger partial charge in [0.1, 0.15) is 11.4 Å². The number of aliphatic hydroxyl groups is 1. The van der Waals surface area contributed by atoms with Gasteiger partial charge in [0, 0.05) is 13.1 Å². The van der Waals surface area contributed by atoms with E-state index in [-0.39, 0.29) is 12.6 Å². The van der Waals surface area contributed by atoms with Gasteiger partial charge in [0.2, 0.25) is 0 Å². The molecule has 2 fully saturated rings. The number of nitrogens with zero attached hydrogens (tertiary/aromatic N) is 1. The fourth-order valence-electron chi connectivity index (χ4n) is 3.07. The standard InChI is InChI=1S/C17H19F3N2O3/c18-13-11(14(19)20)3-1-4-12(13)15(23)22-8-5-10(22)9-21-16(24)17(25)6-2-7-17/h1,3-4,10,14,25H,2,5-9H2,(H,21,24). The molecule has 5 nitrogen and oxygen atoms in total. The highest BCUT2D eigenvalue weighted by molar-refractivity contribution is 5.95. The number of likely N-dealkylation sites (tertiary alicyclic amines) is 1. The Hall–Kier alpha value is -2.09. The summed E-state index contributed by atoms with van der Waals surface area (Å²) in [6.07, 6.45) is -0.768. The van der Waals surface area contributed by atoms with Crippen LogP contribution in [0.1, 0.15) is 48.0 Å². The second-order valence-electron chi connectivity index (χ2n) is 6.55. The predicted octanol–water partition coefficient (Wildman–Crippen LogP) is 2.01. The maximum Gasteiger partial charge on any atom is 0.266 e. The average Bonchev–Trinajstić information content (AvgIpc) is 2.51. The van der Waals surface area contributed by atoms with E-state index in [1.54, 1.807) is 0 Å². The summed E-state index contributed by atoms with van der Waals surface area (Å²) in [6.45, 7) is 0.505. The first-order chi connectivity index (χ1) is 11.8. The third-order valence-corrected chi connectivity index (χ3v) is 5.00. The molecule has 0 aromatic heterocycles. The van der Waals surface area contributed by atoms with E-state index in [0.717, 1.165) is 12.5 Å². The minimum Gasteiger partial charge on any atom is -0.380 e. The van der Waals surface area contributed by atoms with Crippen molar-refractivity contribution < 1.29 is 27.9 Å². The van der Waals surface area contributed by atoms with Gasteiger partial charge in [0.05, 0.1) is 17.2 Å². The van der Waals surface area contributed by atoms with Crippen molar-refractivity contribution in [1.82, 2.24) is 10.2 Å². The highest BCUT2D eigenvalue weighted by Gasteiger charge is 2.43. The fraction of sp³-hybridized carbons (Fsp3) is 0.529. The second kappa shape index (κ2) is 6.67. The molecule has 3 rings (SSSR count). The number of hydrogen-bond donors (Lipinski definition) is 2. The molecular weight excluding hydrogens is 337 g/mol. The average molecular weight is 356 g/mol. The summed E-state index contributed by atoms with van der Waals surface area (Å²) in [5, 5.41) is 12.6. The number of benzene rings is 1. The highest BCUT2D eigenvalue weighted by Crippen LogP contribution is 2.32. The van der Waals surface area contributed by atoms with Crippen LogP contribution in [0.5, 0.6) is 0 Å². The van der Waals surface area contributed by atoms with Crippen molar-refractivity contribution in [1.29, 1.82) is 0 Å². The molecule has 1 heterocycles. The molecule has 1 saturated heterocycles. The van der Waals surface area contributed by atoms with Gasteiger partial charge in [-0.15, -0.1) is 0 Å². The van der Waals surface area contributed by atoms with Crippen LogP contribution < -0.4 is 5.32 Å². The molecule has 0 bridgehead atoms. The van der Waals surface area contributed by atoms with E-state index in [2.05, 4.69) is 5.32 Å². The molecule has 2 N–H and O–H groups in total. The zero-order valence-electron chi connectivity index (χ0n) is 13.5. The molecule has 2 aliphatic rings. The van der Waals surface area contributed by atoms with Crippen LogP contribution in [0.3, 0.4) is 0 Å². The monoisotopic (exact) mass is 356 g/mol. The Morgan fingerprint density at radius 2 is 2.08 bits per heavy atom. The summed E-state index contributed by atoms with van der Waals surface area (Å²) in [5.41, 5.74) is -2.52. The molecule has 136 valence electrons. The number of rotatable bonds is 5. The summed E-state index contributed by atoms with van der Waals surface area (Å²) in [7, 11) is 0. The van der Waals surface area contributed by atoms with Crippen molar-refractivity contribution in [2.24, 2.45) is 0 Å². The Morgan fingerprint density at radius 1 is 1.36 bits per heavy atom. The van der Waals surface area contributed by atoms with Gasteiger partial charge < -0.3 is 15.3 Å². The Morgan fingerprint density at radius 3 is 2.60 bits per heavy atom. The highest BCUT2D eigenvalue weighted by atomic mass is 19.3. The molecule has 1 atom stereocenters. The van der Waals surface area contributed by atoms with Crippen molar-refractivity contribution in [3.8, 4) is 0 Å². The molecular formula is C17H19F3N2O3. The first-order valence-corrected chi connectivity index (χ1v) is 8.22. The van der Waals surface area contributed by atoms with Gasteiger partial charge in [-0.2, -0.15) is 0 Å². The van der Waals surface area contributed by atoms with Gasteiger partial charge in [-0.1, -0.05) is 12.1 Å². The molecule has 1 saturated carbocycles. The quantitative estimate of drug-likeness (QED) is 0.848. The SMILES string of the molecule is O=C(c1cccc(C(F)F)c1F)N1CCC1CNC(=O)C1(O)CCC1. The van der Waals surface area contributed by atoms with Crippen molar-refractivity contribution in [2.75, 3.05) is 13.1 Å². The Labute approximate surface area is 142 Å². The van der Waals surface area contributed by atoms with Crippen LogP contribution in [0.4, 0.5) is 13.2 Å². The summed E-state index contributed by atoms with van der Waals surface area (Å²) >= 11 is 0. The van der Waals surface area contributed by atoms with Crippen LogP contribution in [0.25, 0.3) is 0 Å². The van der Waals surface area contributed by atoms with Gasteiger partial charge in [0.25, 0.3) is 18.2 Å². The minimum absolute atomic E-state index is 0.142. The predicted molar refractivity (Wildman–Crippen MR) is 82.6 cm³/mol. The first-order valence-electron chi connectivity index (χ1n) is 8.22. The van der Waals surface area contributed by atoms with E-state index < -0.39 is 40.8 Å². The molecule has 25 heavy (non-hydrogen) atoms. The zero-order chi connectivity index (χ0) is 18.2. The maximum absolute atomic E-state index is 14.1. The molecule has 0 radical (unpaired) electrons. The first kappa shape index (κ1) is 17.7. The minimum atomic E-state index is -3.00. The summed E-state index contributed by atoms with van der Waals surface area (Å²) in [6, 6.07) is 3.01. The molecule has 1 aliphatic carbocycles. The third kappa shape index (κ3) is 3.22. The third-order valence-electron chi connectivity index (χ3n) is 5.00. The number of carbonyl (C=O) groups excluding carboxylic acids is 2. The van der Waals surface area contributed by atoms with Crippen molar-refractivity contribution in [2.45, 2.75) is 43.8 Å². The van der Waals surface area contributed by atoms with E-state index >= 15 is 0 Å². The van der Waals surface area contributed by atoms with Crippen LogP contribution in [0.15, 0.2) is 18.2 Å². The van der Waals surface area contributed by atoms with Crippen molar-refractivity contribution in [3.05, 3.63) is 35.1 Å². The Balaban J connectivity index is 1.63. The second-order valence-corrected chi connectivity index (χ2v) is 6.55. The van der Waals surface area contributed by atoms with Crippen molar-refractivity contribution in [3.63, 3.8) is 0 Å². The van der Waals surface area contributed by atoms with Gasteiger partial charge in [0.15, 0.2) is 0 Å². The number of hydrogen-bond acceptors (Lipinski definition) is 3. The lowest BCUT2D eigenvalue weighted by molar-refractivity contribution is -0.148. The normalized spacial score (nSPS) is 21.5. The largest absolute Gasteiger partial charge is 0.380 e. The van der Waals surface area contributed by atoms with Gasteiger partial charge >= 0.3 is 0 Å². The number of carbonyl (C=O) groups is 2. The van der Waals surface area contributed by atoms with E-state index in [9.17, 15) is 27.9 Å². The molecule has 2 amide bonds. The fourth-order valence-corrected chi connectivity index (χ4v) is 3.07. The number of amides is 2. The molecule has 1 aromatic carbocycles. The van der Waals surface area contributed by atoms with Crippen LogP contribution in [-0.4, -0.2) is 46.6 Å². The smallest absolute Gasteiger partial charge is 0.266 e. The van der Waals surface area contributed by atoms with E-state index in [4.69, 9.17) is 0 Å². The lowest BCUT2D eigenvalue weighted by Crippen LogP contribution is -2.59. The number of nitrogens with one attached hydrogen (secondary N) is 1. The number of halogens is 3. The van der Waals surface area contributed by atoms with Crippen LogP contribution >= 0.6 is 0 Å². The van der Waals surface area contributed by atoms with E-state index in [1.165, 1.54) is 17.0 Å². The Kier molecular flexibility index (Phi) is 4.73. The lowest BCUT2D eigenvalue weighted by atomic mass is 9.79. The van der Waals surface area contributed by atoms with Crippen LogP contribution in [-0.2, 0) is 4.79 Å². The van der Waals surface area contributed by atoms with Crippen LogP contribution in [0, 0.1) is 5.82 Å². The molecule has 8 heteroatoms. The topological polar surface area (TPSA) is 69.6 Å². The maximum atomic E-state index is 14.1. The summed E-state index contributed by atoms with van der Waals surface area (Å²) in [4.78, 5) is 25.7. The van der Waals surface area contributed by atoms with E-state index in [1.807, 2.05) is 0 Å². The molecule has 1 unspecified atom stereocenters. The molecule has 1 aromatic rings. The molecule has 1 aliphatic heterocycles. The summed E-state index contributed by atoms with van der Waals surface area (Å²) < 4.78 is 39.7. The van der Waals surface area contributed by atoms with Crippen LogP contribution in [0.2, 0.25) is 0 Å². The summed E-state index contributed by atoms with van der Waals surface area (Å²) in [5.74, 6) is -2.35. The van der Waals surface area contributed by atoms with Crippen molar-refractivity contribution >= 4 is 11.8 Å². The van der Waals surface area contributed by atoms with Gasteiger partial charge in [-0.25, -0.2) is 13.2 Å². The van der Waals surface area contributed by atoms with Gasteiger partial charge in [-0.05, 0) is 31.7 Å². The van der Waals surface area contributed by atoms with E-state index in [0.29, 0.717) is 25.8 Å². The number of alkyl halides is 2. The lowest BCUT2D eigenvalue weighted by Gasteiger charge is -2.42. The van der Waals surface area contributed by atoms with Gasteiger partial charge in [-0.3, -0.25) is 9.59 Å².